The molecule has 2 aromatic rings. The highest BCUT2D eigenvalue weighted by Crippen LogP contribution is 2.13. The maximum Gasteiger partial charge on any atom is 0.490 e. The van der Waals surface area contributed by atoms with Gasteiger partial charge < -0.3 is 9.67 Å². The molecule has 0 saturated carbocycles. The normalized spacial score (nSPS) is 10.9. The smallest absolute Gasteiger partial charge is 0.475 e. The number of hydrogen-bond acceptors (Lipinski definition) is 4. The van der Waals surface area contributed by atoms with Crippen LogP contribution in [-0.2, 0) is 18.4 Å². The summed E-state index contributed by atoms with van der Waals surface area (Å²) in [6.07, 6.45) is -1.52. The van der Waals surface area contributed by atoms with Gasteiger partial charge in [-0.2, -0.15) is 13.2 Å². The summed E-state index contributed by atoms with van der Waals surface area (Å²) in [6.45, 7) is 4.54. The number of aryl methyl sites for hydroxylation is 1. The van der Waals surface area contributed by atoms with Crippen LogP contribution in [0, 0.1) is 0 Å². The van der Waals surface area contributed by atoms with Crippen LogP contribution in [0.2, 0.25) is 0 Å². The van der Waals surface area contributed by atoms with Crippen molar-refractivity contribution in [1.29, 1.82) is 0 Å². The van der Waals surface area contributed by atoms with E-state index in [4.69, 9.17) is 9.90 Å². The van der Waals surface area contributed by atoms with Gasteiger partial charge in [-0.05, 0) is 13.8 Å². The van der Waals surface area contributed by atoms with Crippen molar-refractivity contribution in [1.82, 2.24) is 19.1 Å². The third-order valence-corrected chi connectivity index (χ3v) is 2.82. The number of aliphatic carboxylic acids is 1. The Kier molecular flexibility index (Phi) is 5.72. The van der Waals surface area contributed by atoms with Crippen LogP contribution in [0.3, 0.4) is 0 Å². The van der Waals surface area contributed by atoms with Gasteiger partial charge in [0.2, 0.25) is 0 Å². The molecule has 24 heavy (non-hydrogen) atoms. The van der Waals surface area contributed by atoms with Crippen LogP contribution in [0.1, 0.15) is 13.8 Å². The van der Waals surface area contributed by atoms with E-state index < -0.39 is 23.4 Å². The van der Waals surface area contributed by atoms with E-state index in [9.17, 15) is 22.8 Å². The predicted molar refractivity (Wildman–Crippen MR) is 78.7 cm³/mol. The van der Waals surface area contributed by atoms with Gasteiger partial charge in [0.05, 0.1) is 6.33 Å². The minimum absolute atomic E-state index is 0.400. The highest BCUT2D eigenvalue weighted by atomic mass is 19.4. The lowest BCUT2D eigenvalue weighted by Gasteiger charge is -2.01. The van der Waals surface area contributed by atoms with Gasteiger partial charge in [-0.3, -0.25) is 14.3 Å². The average Bonchev–Trinajstić information content (AvgIpc) is 2.87. The van der Waals surface area contributed by atoms with Gasteiger partial charge in [0.1, 0.15) is 0 Å². The molecule has 2 rings (SSSR count). The highest BCUT2D eigenvalue weighted by Gasteiger charge is 2.38. The lowest BCUT2D eigenvalue weighted by Crippen LogP contribution is -2.29. The molecule has 11 heteroatoms. The van der Waals surface area contributed by atoms with Gasteiger partial charge in [-0.25, -0.2) is 14.6 Å². The fourth-order valence-electron chi connectivity index (χ4n) is 1.60. The molecule has 0 aliphatic rings. The van der Waals surface area contributed by atoms with E-state index in [0.29, 0.717) is 17.7 Å². The number of imidazole rings is 1. The zero-order valence-corrected chi connectivity index (χ0v) is 13.0. The molecule has 0 saturated heterocycles. The zero-order valence-electron chi connectivity index (χ0n) is 13.0. The van der Waals surface area contributed by atoms with E-state index in [1.807, 2.05) is 19.9 Å². The second-order valence-electron chi connectivity index (χ2n) is 4.97. The summed E-state index contributed by atoms with van der Waals surface area (Å²) in [4.78, 5) is 38.4. The number of hydrogen-bond donors (Lipinski definition) is 2. The summed E-state index contributed by atoms with van der Waals surface area (Å²) in [5.41, 5.74) is 1.14. The number of carboxylic acid groups (broad SMARTS) is 1. The number of fused-ring (bicyclic) bond motifs is 1. The molecule has 0 atom stereocenters. The van der Waals surface area contributed by atoms with E-state index >= 15 is 0 Å². The summed E-state index contributed by atoms with van der Waals surface area (Å²) in [7, 11) is 1.58. The van der Waals surface area contributed by atoms with E-state index in [-0.39, 0.29) is 0 Å². The molecule has 0 bridgehead atoms. The number of halogens is 3. The molecule has 2 aromatic heterocycles. The standard InChI is InChI=1S/C11H14N4O2.C2HF3O2/c1-7(2)4-5-15-6-12-9-8(15)10(16)13-11(17)14(9)3;3-2(4,5)1(6)7/h4,6H,5H2,1-3H3,(H,13,16,17);(H,6,7). The molecule has 2 heterocycles. The molecular weight excluding hydrogens is 333 g/mol. The van der Waals surface area contributed by atoms with Crippen LogP contribution < -0.4 is 11.2 Å². The molecule has 0 fully saturated rings. The molecule has 0 radical (unpaired) electrons. The molecule has 8 nitrogen and oxygen atoms in total. The Balaban J connectivity index is 0.000000351. The van der Waals surface area contributed by atoms with Crippen LogP contribution in [0.4, 0.5) is 13.2 Å². The van der Waals surface area contributed by atoms with Gasteiger partial charge in [0, 0.05) is 13.6 Å². The largest absolute Gasteiger partial charge is 0.490 e. The molecule has 0 aromatic carbocycles. The number of carbonyl (C=O) groups is 1. The third-order valence-electron chi connectivity index (χ3n) is 2.82. The number of alkyl halides is 3. The first-order valence-electron chi connectivity index (χ1n) is 6.52. The van der Waals surface area contributed by atoms with Crippen LogP contribution in [-0.4, -0.2) is 36.4 Å². The monoisotopic (exact) mass is 348 g/mol. The van der Waals surface area contributed by atoms with E-state index in [1.54, 1.807) is 17.9 Å². The van der Waals surface area contributed by atoms with Crippen molar-refractivity contribution < 1.29 is 23.1 Å². The molecule has 132 valence electrons. The molecular formula is C13H15F3N4O4. The molecule has 0 aliphatic carbocycles. The first-order chi connectivity index (χ1) is 10.9. The highest BCUT2D eigenvalue weighted by molar-refractivity contribution is 5.73. The summed E-state index contributed by atoms with van der Waals surface area (Å²) >= 11 is 0. The first-order valence-corrected chi connectivity index (χ1v) is 6.52. The fraction of sp³-hybridized carbons (Fsp3) is 0.385. The Morgan fingerprint density at radius 2 is 1.92 bits per heavy atom. The zero-order chi connectivity index (χ0) is 18.7. The Labute approximate surface area is 132 Å². The summed E-state index contributed by atoms with van der Waals surface area (Å²) < 4.78 is 34.8. The van der Waals surface area contributed by atoms with Gasteiger partial charge in [-0.15, -0.1) is 0 Å². The number of H-pyrrole nitrogens is 1. The number of nitrogens with zero attached hydrogens (tertiary/aromatic N) is 3. The van der Waals surface area contributed by atoms with Crippen molar-refractivity contribution in [3.63, 3.8) is 0 Å². The summed E-state index contributed by atoms with van der Waals surface area (Å²) in [5, 5.41) is 7.12. The molecule has 0 spiro atoms. The number of carboxylic acids is 1. The quantitative estimate of drug-likeness (QED) is 0.788. The number of rotatable bonds is 2. The molecule has 2 N–H and O–H groups in total. The molecule has 0 amide bonds. The van der Waals surface area contributed by atoms with Crippen molar-refractivity contribution in [3.8, 4) is 0 Å². The SMILES string of the molecule is CC(C)=CCn1cnc2c1c(=O)[nH]c(=O)n2C.O=C(O)C(F)(F)F. The summed E-state index contributed by atoms with van der Waals surface area (Å²) in [6, 6.07) is 0. The lowest BCUT2D eigenvalue weighted by atomic mass is 10.3. The second-order valence-corrected chi connectivity index (χ2v) is 4.97. The van der Waals surface area contributed by atoms with Gasteiger partial charge >= 0.3 is 17.8 Å². The van der Waals surface area contributed by atoms with Crippen LogP contribution in [0.25, 0.3) is 11.2 Å². The Bertz CT molecular complexity index is 885. The first kappa shape index (κ1) is 19.2. The van der Waals surface area contributed by atoms with E-state index in [1.165, 1.54) is 4.57 Å². The minimum atomic E-state index is -5.08. The van der Waals surface area contributed by atoms with Gasteiger partial charge in [0.15, 0.2) is 11.2 Å². The minimum Gasteiger partial charge on any atom is -0.475 e. The second kappa shape index (κ2) is 7.15. The van der Waals surface area contributed by atoms with E-state index in [0.717, 1.165) is 5.57 Å². The van der Waals surface area contributed by atoms with Gasteiger partial charge in [-0.1, -0.05) is 11.6 Å². The number of allylic oxidation sites excluding steroid dienone is 2. The number of aromatic nitrogens is 4. The van der Waals surface area contributed by atoms with Crippen LogP contribution in [0.15, 0.2) is 27.6 Å². The molecule has 0 aliphatic heterocycles. The topological polar surface area (TPSA) is 110 Å². The van der Waals surface area contributed by atoms with Crippen molar-refractivity contribution >= 4 is 17.1 Å². The van der Waals surface area contributed by atoms with Crippen molar-refractivity contribution in [2.75, 3.05) is 0 Å². The van der Waals surface area contributed by atoms with Crippen molar-refractivity contribution in [3.05, 3.63) is 38.8 Å². The predicted octanol–water partition coefficient (Wildman–Crippen LogP) is 1.02. The lowest BCUT2D eigenvalue weighted by molar-refractivity contribution is -0.192. The van der Waals surface area contributed by atoms with Crippen molar-refractivity contribution in [2.24, 2.45) is 7.05 Å². The van der Waals surface area contributed by atoms with Crippen LogP contribution in [0.5, 0.6) is 0 Å². The Hall–Kier alpha value is -2.85. The van der Waals surface area contributed by atoms with Crippen LogP contribution >= 0.6 is 0 Å². The molecule has 0 unspecified atom stereocenters. The Morgan fingerprint density at radius 3 is 2.38 bits per heavy atom. The third kappa shape index (κ3) is 4.57. The Morgan fingerprint density at radius 1 is 1.38 bits per heavy atom. The van der Waals surface area contributed by atoms with E-state index in [2.05, 4.69) is 9.97 Å². The van der Waals surface area contributed by atoms with Gasteiger partial charge in [0.25, 0.3) is 5.56 Å². The van der Waals surface area contributed by atoms with Crippen molar-refractivity contribution in [2.45, 2.75) is 26.6 Å². The number of aromatic amines is 1. The summed E-state index contributed by atoms with van der Waals surface area (Å²) in [5.74, 6) is -2.76. The maximum atomic E-state index is 11.7. The number of nitrogens with one attached hydrogen (secondary N) is 1. The maximum absolute atomic E-state index is 11.7. The average molecular weight is 348 g/mol. The fourth-order valence-corrected chi connectivity index (χ4v) is 1.60.